The summed E-state index contributed by atoms with van der Waals surface area (Å²) in [5.41, 5.74) is 1.34. The third-order valence-electron chi connectivity index (χ3n) is 2.59. The van der Waals surface area contributed by atoms with Gasteiger partial charge in [-0.2, -0.15) is 5.26 Å². The van der Waals surface area contributed by atoms with E-state index < -0.39 is 5.92 Å². The molecule has 0 N–H and O–H groups in total. The fourth-order valence-corrected chi connectivity index (χ4v) is 3.16. The maximum absolute atomic E-state index is 12.4. The number of carbonyl (C=O) groups is 1. The van der Waals surface area contributed by atoms with Gasteiger partial charge in [0.25, 0.3) is 0 Å². The van der Waals surface area contributed by atoms with E-state index in [9.17, 15) is 10.1 Å². The standard InChI is InChI=1S/C14H13N3OS2/c1-3-19-12-6-10(4-5-16-12)13(18)11(7-15)14-17-9(2)8-20-14/h4-6,8,11H,3H2,1-2H3/t11-/m0/s1. The summed E-state index contributed by atoms with van der Waals surface area (Å²) in [6.45, 7) is 3.87. The molecule has 1 atom stereocenters. The van der Waals surface area contributed by atoms with E-state index in [0.29, 0.717) is 10.6 Å². The molecule has 0 bridgehead atoms. The van der Waals surface area contributed by atoms with Gasteiger partial charge >= 0.3 is 0 Å². The molecule has 0 fully saturated rings. The number of Topliss-reactive ketones (excluding diaryl/α,β-unsaturated/α-hetero) is 1. The van der Waals surface area contributed by atoms with Gasteiger partial charge in [0.15, 0.2) is 11.7 Å². The van der Waals surface area contributed by atoms with Gasteiger partial charge in [0.05, 0.1) is 11.1 Å². The van der Waals surface area contributed by atoms with Crippen LogP contribution >= 0.6 is 23.1 Å². The number of carbonyl (C=O) groups excluding carboxylic acids is 1. The maximum atomic E-state index is 12.4. The highest BCUT2D eigenvalue weighted by atomic mass is 32.2. The van der Waals surface area contributed by atoms with Crippen LogP contribution in [0.25, 0.3) is 0 Å². The molecule has 20 heavy (non-hydrogen) atoms. The Bertz CT molecular complexity index is 660. The zero-order chi connectivity index (χ0) is 14.5. The summed E-state index contributed by atoms with van der Waals surface area (Å²) in [5.74, 6) is -0.171. The smallest absolute Gasteiger partial charge is 0.187 e. The van der Waals surface area contributed by atoms with E-state index in [4.69, 9.17) is 0 Å². The van der Waals surface area contributed by atoms with Crippen LogP contribution < -0.4 is 0 Å². The van der Waals surface area contributed by atoms with Gasteiger partial charge in [-0.3, -0.25) is 4.79 Å². The lowest BCUT2D eigenvalue weighted by atomic mass is 10.0. The number of pyridine rings is 1. The lowest BCUT2D eigenvalue weighted by Gasteiger charge is -2.06. The molecule has 0 aliphatic heterocycles. The number of hydrogen-bond acceptors (Lipinski definition) is 6. The first-order valence-electron chi connectivity index (χ1n) is 6.10. The number of thiazole rings is 1. The first kappa shape index (κ1) is 14.7. The van der Waals surface area contributed by atoms with E-state index in [1.165, 1.54) is 11.3 Å². The van der Waals surface area contributed by atoms with E-state index in [2.05, 4.69) is 16.0 Å². The van der Waals surface area contributed by atoms with Gasteiger partial charge in [-0.1, -0.05) is 6.92 Å². The van der Waals surface area contributed by atoms with Crippen molar-refractivity contribution < 1.29 is 4.79 Å². The average Bonchev–Trinajstić information content (AvgIpc) is 2.87. The number of nitriles is 1. The number of thioether (sulfide) groups is 1. The molecule has 0 radical (unpaired) electrons. The summed E-state index contributed by atoms with van der Waals surface area (Å²) >= 11 is 2.91. The van der Waals surface area contributed by atoms with E-state index in [0.717, 1.165) is 16.5 Å². The van der Waals surface area contributed by atoms with Crippen LogP contribution in [0, 0.1) is 18.3 Å². The quantitative estimate of drug-likeness (QED) is 0.625. The summed E-state index contributed by atoms with van der Waals surface area (Å²) in [6.07, 6.45) is 1.60. The van der Waals surface area contributed by atoms with Crippen molar-refractivity contribution in [1.82, 2.24) is 9.97 Å². The van der Waals surface area contributed by atoms with Gasteiger partial charge in [-0.25, -0.2) is 9.97 Å². The van der Waals surface area contributed by atoms with Crippen molar-refractivity contribution in [2.45, 2.75) is 24.8 Å². The molecule has 2 aromatic rings. The molecule has 0 saturated heterocycles. The zero-order valence-corrected chi connectivity index (χ0v) is 12.8. The van der Waals surface area contributed by atoms with E-state index in [-0.39, 0.29) is 5.78 Å². The second-order valence-electron chi connectivity index (χ2n) is 4.07. The van der Waals surface area contributed by atoms with Crippen LogP contribution in [0.4, 0.5) is 0 Å². The Morgan fingerprint density at radius 2 is 2.40 bits per heavy atom. The first-order valence-corrected chi connectivity index (χ1v) is 7.97. The van der Waals surface area contributed by atoms with Crippen LogP contribution in [0.15, 0.2) is 28.7 Å². The van der Waals surface area contributed by atoms with Gasteiger partial charge in [0, 0.05) is 22.8 Å². The first-order chi connectivity index (χ1) is 9.65. The van der Waals surface area contributed by atoms with Crippen LogP contribution in [-0.2, 0) is 0 Å². The van der Waals surface area contributed by atoms with Crippen molar-refractivity contribution in [3.63, 3.8) is 0 Å². The zero-order valence-electron chi connectivity index (χ0n) is 11.2. The minimum absolute atomic E-state index is 0.220. The highest BCUT2D eigenvalue weighted by molar-refractivity contribution is 7.99. The van der Waals surface area contributed by atoms with Gasteiger partial charge in [-0.15, -0.1) is 23.1 Å². The lowest BCUT2D eigenvalue weighted by Crippen LogP contribution is -2.11. The molecule has 2 aromatic heterocycles. The summed E-state index contributed by atoms with van der Waals surface area (Å²) in [5, 5.41) is 12.5. The normalized spacial score (nSPS) is 11.8. The highest BCUT2D eigenvalue weighted by Crippen LogP contribution is 2.25. The maximum Gasteiger partial charge on any atom is 0.187 e. The van der Waals surface area contributed by atoms with E-state index in [1.807, 2.05) is 19.2 Å². The van der Waals surface area contributed by atoms with Crippen molar-refractivity contribution in [3.05, 3.63) is 40.0 Å². The Balaban J connectivity index is 2.29. The van der Waals surface area contributed by atoms with Crippen LogP contribution in [0.2, 0.25) is 0 Å². The summed E-state index contributed by atoms with van der Waals surface area (Å²) in [4.78, 5) is 20.9. The number of aromatic nitrogens is 2. The minimum atomic E-state index is -0.837. The summed E-state index contributed by atoms with van der Waals surface area (Å²) in [6, 6.07) is 5.44. The SMILES string of the molecule is CCSc1cc(C(=O)[C@H](C#N)c2nc(C)cs2)ccn1. The largest absolute Gasteiger partial charge is 0.292 e. The number of rotatable bonds is 5. The van der Waals surface area contributed by atoms with E-state index in [1.54, 1.807) is 30.1 Å². The molecule has 0 aromatic carbocycles. The molecule has 0 spiro atoms. The van der Waals surface area contributed by atoms with Crippen LogP contribution in [-0.4, -0.2) is 21.5 Å². The van der Waals surface area contributed by atoms with Gasteiger partial charge in [-0.05, 0) is 24.8 Å². The summed E-state index contributed by atoms with van der Waals surface area (Å²) in [7, 11) is 0. The van der Waals surface area contributed by atoms with Crippen LogP contribution in [0.3, 0.4) is 0 Å². The fourth-order valence-electron chi connectivity index (χ4n) is 1.69. The van der Waals surface area contributed by atoms with Gasteiger partial charge < -0.3 is 0 Å². The third kappa shape index (κ3) is 3.24. The van der Waals surface area contributed by atoms with Crippen molar-refractivity contribution in [2.75, 3.05) is 5.75 Å². The van der Waals surface area contributed by atoms with Crippen molar-refractivity contribution >= 4 is 28.9 Å². The van der Waals surface area contributed by atoms with Crippen molar-refractivity contribution in [1.29, 1.82) is 5.26 Å². The fraction of sp³-hybridized carbons (Fsp3) is 0.286. The number of aryl methyl sites for hydroxylation is 1. The Labute approximate surface area is 125 Å². The number of hydrogen-bond donors (Lipinski definition) is 0. The molecule has 4 nitrogen and oxygen atoms in total. The van der Waals surface area contributed by atoms with E-state index >= 15 is 0 Å². The van der Waals surface area contributed by atoms with Crippen LogP contribution in [0.1, 0.15) is 33.9 Å². The molecule has 0 aliphatic carbocycles. The lowest BCUT2D eigenvalue weighted by molar-refractivity contribution is 0.0978. The second kappa shape index (κ2) is 6.64. The average molecular weight is 303 g/mol. The van der Waals surface area contributed by atoms with Gasteiger partial charge in [0.2, 0.25) is 0 Å². The minimum Gasteiger partial charge on any atom is -0.292 e. The Morgan fingerprint density at radius 3 is 3.00 bits per heavy atom. The molecule has 0 saturated carbocycles. The third-order valence-corrected chi connectivity index (χ3v) is 4.42. The predicted octanol–water partition coefficient (Wildman–Crippen LogP) is 3.45. The molecule has 102 valence electrons. The molecular weight excluding hydrogens is 290 g/mol. The highest BCUT2D eigenvalue weighted by Gasteiger charge is 2.24. The van der Waals surface area contributed by atoms with Crippen molar-refractivity contribution in [2.24, 2.45) is 0 Å². The number of ketones is 1. The summed E-state index contributed by atoms with van der Waals surface area (Å²) < 4.78 is 0. The monoisotopic (exact) mass is 303 g/mol. The Kier molecular flexibility index (Phi) is 4.88. The Morgan fingerprint density at radius 1 is 1.60 bits per heavy atom. The number of nitrogens with zero attached hydrogens (tertiary/aromatic N) is 3. The molecular formula is C14H13N3OS2. The second-order valence-corrected chi connectivity index (χ2v) is 6.24. The topological polar surface area (TPSA) is 66.6 Å². The predicted molar refractivity (Wildman–Crippen MR) is 80.2 cm³/mol. The molecule has 0 unspecified atom stereocenters. The van der Waals surface area contributed by atoms with Gasteiger partial charge in [0.1, 0.15) is 5.01 Å². The van der Waals surface area contributed by atoms with Crippen molar-refractivity contribution in [3.8, 4) is 6.07 Å². The molecule has 6 heteroatoms. The molecule has 0 aliphatic rings. The molecule has 0 amide bonds. The Hall–Kier alpha value is -1.71. The molecule has 2 heterocycles. The van der Waals surface area contributed by atoms with Crippen LogP contribution in [0.5, 0.6) is 0 Å². The molecule has 2 rings (SSSR count).